The van der Waals surface area contributed by atoms with Gasteiger partial charge >= 0.3 is 0 Å². The summed E-state index contributed by atoms with van der Waals surface area (Å²) in [5, 5.41) is 6.88. The number of anilines is 3. The van der Waals surface area contributed by atoms with Crippen LogP contribution in [0, 0.1) is 0 Å². The maximum absolute atomic E-state index is 6.33. The molecule has 0 aliphatic carbocycles. The number of benzene rings is 9. The standard InChI is InChI=1S/C54H34N2O2/c1-2-10-35(11-3-1)36-18-23-39(24-19-36)55(40-25-20-37(21-26-40)38-22-31-53-47(32-38)44-13-5-8-16-51(44)57-53)41-27-29-42(30-28-41)56-49-15-7-4-12-43(49)46-34-54-48(33-50(46)56)45-14-6-9-17-52(45)58-54/h1-34H. The lowest BCUT2D eigenvalue weighted by atomic mass is 10.0. The van der Waals surface area contributed by atoms with E-state index in [2.05, 4.69) is 191 Å². The monoisotopic (exact) mass is 742 g/mol. The third kappa shape index (κ3) is 5.16. The van der Waals surface area contributed by atoms with Crippen molar-refractivity contribution in [2.24, 2.45) is 0 Å². The van der Waals surface area contributed by atoms with Crippen molar-refractivity contribution in [2.75, 3.05) is 4.90 Å². The van der Waals surface area contributed by atoms with Crippen LogP contribution >= 0.6 is 0 Å². The summed E-state index contributed by atoms with van der Waals surface area (Å²) in [6, 6.07) is 73.4. The van der Waals surface area contributed by atoms with Crippen LogP contribution in [0.2, 0.25) is 0 Å². The Kier molecular flexibility index (Phi) is 7.20. The third-order valence-electron chi connectivity index (χ3n) is 11.6. The van der Waals surface area contributed by atoms with Crippen molar-refractivity contribution < 1.29 is 8.83 Å². The summed E-state index contributed by atoms with van der Waals surface area (Å²) in [7, 11) is 0. The van der Waals surface area contributed by atoms with Gasteiger partial charge in [-0.2, -0.15) is 0 Å². The van der Waals surface area contributed by atoms with Crippen molar-refractivity contribution >= 4 is 82.7 Å². The van der Waals surface area contributed by atoms with Crippen LogP contribution in [0.25, 0.3) is 93.6 Å². The quantitative estimate of drug-likeness (QED) is 0.170. The van der Waals surface area contributed by atoms with Gasteiger partial charge in [0.25, 0.3) is 0 Å². The number of rotatable bonds is 6. The molecular weight excluding hydrogens is 709 g/mol. The SMILES string of the molecule is c1ccc(-c2ccc(N(c3ccc(-c4ccc5oc6ccccc6c5c4)cc3)c3ccc(-n4c5ccccc5c5cc6oc7ccccc7c6cc54)cc3)cc2)cc1. The van der Waals surface area contributed by atoms with Crippen LogP contribution in [0.1, 0.15) is 0 Å². The Labute approximate surface area is 334 Å². The molecule has 0 saturated heterocycles. The van der Waals surface area contributed by atoms with E-state index < -0.39 is 0 Å². The highest BCUT2D eigenvalue weighted by Crippen LogP contribution is 2.41. The predicted octanol–water partition coefficient (Wildman–Crippen LogP) is 15.4. The Morgan fingerprint density at radius 1 is 0.293 bits per heavy atom. The summed E-state index contributed by atoms with van der Waals surface area (Å²) < 4.78 is 14.8. The predicted molar refractivity (Wildman–Crippen MR) is 241 cm³/mol. The zero-order valence-corrected chi connectivity index (χ0v) is 31.3. The second kappa shape index (κ2) is 12.9. The summed E-state index contributed by atoms with van der Waals surface area (Å²) in [6.07, 6.45) is 0. The van der Waals surface area contributed by atoms with Gasteiger partial charge in [-0.3, -0.25) is 0 Å². The smallest absolute Gasteiger partial charge is 0.136 e. The molecule has 272 valence electrons. The van der Waals surface area contributed by atoms with Crippen LogP contribution in [0.3, 0.4) is 0 Å². The van der Waals surface area contributed by atoms with Crippen LogP contribution in [0.15, 0.2) is 215 Å². The summed E-state index contributed by atoms with van der Waals surface area (Å²) >= 11 is 0. The summed E-state index contributed by atoms with van der Waals surface area (Å²) in [4.78, 5) is 2.34. The zero-order valence-electron chi connectivity index (χ0n) is 31.3. The van der Waals surface area contributed by atoms with Crippen LogP contribution in [-0.2, 0) is 0 Å². The molecule has 12 rings (SSSR count). The lowest BCUT2D eigenvalue weighted by molar-refractivity contribution is 0.669. The average molecular weight is 743 g/mol. The van der Waals surface area contributed by atoms with E-state index in [0.717, 1.165) is 88.8 Å². The first-order valence-corrected chi connectivity index (χ1v) is 19.7. The van der Waals surface area contributed by atoms with Gasteiger partial charge in [0.15, 0.2) is 0 Å². The van der Waals surface area contributed by atoms with E-state index in [1.807, 2.05) is 24.3 Å². The Bertz CT molecular complexity index is 3480. The van der Waals surface area contributed by atoms with Crippen molar-refractivity contribution in [3.63, 3.8) is 0 Å². The molecule has 0 amide bonds. The van der Waals surface area contributed by atoms with Crippen LogP contribution < -0.4 is 4.90 Å². The molecule has 0 radical (unpaired) electrons. The molecular formula is C54H34N2O2. The molecule has 9 aromatic carbocycles. The minimum Gasteiger partial charge on any atom is -0.456 e. The zero-order chi connectivity index (χ0) is 38.2. The van der Waals surface area contributed by atoms with Gasteiger partial charge < -0.3 is 18.3 Å². The van der Waals surface area contributed by atoms with Gasteiger partial charge in [0, 0.05) is 55.1 Å². The molecule has 0 spiro atoms. The van der Waals surface area contributed by atoms with E-state index in [0.29, 0.717) is 0 Å². The van der Waals surface area contributed by atoms with Gasteiger partial charge in [-0.15, -0.1) is 0 Å². The van der Waals surface area contributed by atoms with Crippen molar-refractivity contribution in [1.29, 1.82) is 0 Å². The minimum absolute atomic E-state index is 0.902. The average Bonchev–Trinajstić information content (AvgIpc) is 3.95. The number of hydrogen-bond donors (Lipinski definition) is 0. The van der Waals surface area contributed by atoms with E-state index in [1.54, 1.807) is 0 Å². The molecule has 0 bridgehead atoms. The van der Waals surface area contributed by atoms with Crippen molar-refractivity contribution in [1.82, 2.24) is 4.57 Å². The molecule has 0 atom stereocenters. The largest absolute Gasteiger partial charge is 0.456 e. The normalized spacial score (nSPS) is 11.8. The molecule has 0 aliphatic rings. The Morgan fingerprint density at radius 2 is 0.776 bits per heavy atom. The van der Waals surface area contributed by atoms with Crippen molar-refractivity contribution in [2.45, 2.75) is 0 Å². The molecule has 12 aromatic rings. The highest BCUT2D eigenvalue weighted by molar-refractivity contribution is 6.17. The first-order valence-electron chi connectivity index (χ1n) is 19.7. The number of nitrogens with zero attached hydrogens (tertiary/aromatic N) is 2. The van der Waals surface area contributed by atoms with Crippen molar-refractivity contribution in [3.05, 3.63) is 206 Å². The van der Waals surface area contributed by atoms with Crippen molar-refractivity contribution in [3.8, 4) is 27.9 Å². The van der Waals surface area contributed by atoms with Crippen LogP contribution in [-0.4, -0.2) is 4.57 Å². The maximum atomic E-state index is 6.33. The molecule has 3 heterocycles. The molecule has 58 heavy (non-hydrogen) atoms. The number of hydrogen-bond acceptors (Lipinski definition) is 3. The molecule has 0 N–H and O–H groups in total. The number of fused-ring (bicyclic) bond motifs is 9. The molecule has 4 heteroatoms. The lowest BCUT2D eigenvalue weighted by Gasteiger charge is -2.26. The molecule has 0 fully saturated rings. The minimum atomic E-state index is 0.902. The number of furan rings is 2. The topological polar surface area (TPSA) is 34.5 Å². The van der Waals surface area contributed by atoms with Gasteiger partial charge in [-0.25, -0.2) is 0 Å². The van der Waals surface area contributed by atoms with E-state index in [9.17, 15) is 0 Å². The van der Waals surface area contributed by atoms with Gasteiger partial charge in [0.05, 0.1) is 11.0 Å². The Hall–Kier alpha value is -7.82. The van der Waals surface area contributed by atoms with Gasteiger partial charge in [-0.05, 0) is 113 Å². The Balaban J connectivity index is 0.967. The van der Waals surface area contributed by atoms with Gasteiger partial charge in [-0.1, -0.05) is 115 Å². The maximum Gasteiger partial charge on any atom is 0.136 e. The van der Waals surface area contributed by atoms with E-state index >= 15 is 0 Å². The fourth-order valence-corrected chi connectivity index (χ4v) is 8.81. The molecule has 0 unspecified atom stereocenters. The molecule has 3 aromatic heterocycles. The van der Waals surface area contributed by atoms with Crippen LogP contribution in [0.5, 0.6) is 0 Å². The van der Waals surface area contributed by atoms with Gasteiger partial charge in [0.2, 0.25) is 0 Å². The highest BCUT2D eigenvalue weighted by atomic mass is 16.3. The number of aromatic nitrogens is 1. The first kappa shape index (κ1) is 32.4. The van der Waals surface area contributed by atoms with E-state index in [-0.39, 0.29) is 0 Å². The second-order valence-corrected chi connectivity index (χ2v) is 14.9. The van der Waals surface area contributed by atoms with E-state index in [4.69, 9.17) is 8.83 Å². The second-order valence-electron chi connectivity index (χ2n) is 14.9. The van der Waals surface area contributed by atoms with Gasteiger partial charge in [0.1, 0.15) is 22.3 Å². The summed E-state index contributed by atoms with van der Waals surface area (Å²) in [6.45, 7) is 0. The third-order valence-corrected chi connectivity index (χ3v) is 11.6. The highest BCUT2D eigenvalue weighted by Gasteiger charge is 2.18. The Morgan fingerprint density at radius 3 is 1.45 bits per heavy atom. The molecule has 4 nitrogen and oxygen atoms in total. The molecule has 0 saturated carbocycles. The molecule has 0 aliphatic heterocycles. The summed E-state index contributed by atoms with van der Waals surface area (Å²) in [5.74, 6) is 0. The first-order chi connectivity index (χ1) is 28.7. The van der Waals surface area contributed by atoms with Crippen LogP contribution in [0.4, 0.5) is 17.1 Å². The fraction of sp³-hybridized carbons (Fsp3) is 0. The van der Waals surface area contributed by atoms with E-state index in [1.165, 1.54) is 21.9 Å². The lowest BCUT2D eigenvalue weighted by Crippen LogP contribution is -2.10. The number of para-hydroxylation sites is 3. The fourth-order valence-electron chi connectivity index (χ4n) is 8.81. The summed E-state index contributed by atoms with van der Waals surface area (Å²) in [5.41, 5.74) is 14.9.